The standard InChI is InChI=1S/C14H29N3O3/c1-5-12(6-7-13(18)19)8-9-15-14(20)17(4)11-10-16(2)3/h12H,5-11H2,1-4H3,(H,15,20)(H,18,19). The Hall–Kier alpha value is -1.30. The van der Waals surface area contributed by atoms with Crippen molar-refractivity contribution in [3.8, 4) is 0 Å². The van der Waals surface area contributed by atoms with Gasteiger partial charge in [-0.15, -0.1) is 0 Å². The van der Waals surface area contributed by atoms with Crippen molar-refractivity contribution >= 4 is 12.0 Å². The molecule has 118 valence electrons. The summed E-state index contributed by atoms with van der Waals surface area (Å²) in [5.74, 6) is -0.394. The van der Waals surface area contributed by atoms with Crippen LogP contribution < -0.4 is 5.32 Å². The van der Waals surface area contributed by atoms with E-state index in [1.165, 1.54) is 0 Å². The number of carboxylic acids is 1. The maximum Gasteiger partial charge on any atom is 0.317 e. The maximum absolute atomic E-state index is 11.8. The number of carbonyl (C=O) groups is 2. The zero-order chi connectivity index (χ0) is 15.5. The Labute approximate surface area is 122 Å². The molecular weight excluding hydrogens is 258 g/mol. The summed E-state index contributed by atoms with van der Waals surface area (Å²) in [5, 5.41) is 11.5. The average molecular weight is 287 g/mol. The van der Waals surface area contributed by atoms with Crippen molar-refractivity contribution in [3.63, 3.8) is 0 Å². The van der Waals surface area contributed by atoms with Crippen LogP contribution >= 0.6 is 0 Å². The third-order valence-electron chi connectivity index (χ3n) is 3.40. The van der Waals surface area contributed by atoms with E-state index in [9.17, 15) is 9.59 Å². The first kappa shape index (κ1) is 18.7. The number of likely N-dealkylation sites (N-methyl/N-ethyl adjacent to an activating group) is 2. The van der Waals surface area contributed by atoms with E-state index in [0.29, 0.717) is 25.4 Å². The number of carboxylic acid groups (broad SMARTS) is 1. The molecule has 0 aliphatic heterocycles. The van der Waals surface area contributed by atoms with Gasteiger partial charge in [0.25, 0.3) is 0 Å². The second-order valence-electron chi connectivity index (χ2n) is 5.45. The number of urea groups is 1. The molecule has 0 spiro atoms. The molecule has 0 aliphatic rings. The van der Waals surface area contributed by atoms with Gasteiger partial charge in [-0.05, 0) is 32.9 Å². The quantitative estimate of drug-likeness (QED) is 0.638. The molecule has 0 aliphatic carbocycles. The first-order chi connectivity index (χ1) is 9.36. The summed E-state index contributed by atoms with van der Waals surface area (Å²) < 4.78 is 0. The van der Waals surface area contributed by atoms with Crippen LogP contribution in [0.3, 0.4) is 0 Å². The molecule has 1 unspecified atom stereocenters. The van der Waals surface area contributed by atoms with Crippen molar-refractivity contribution < 1.29 is 14.7 Å². The molecule has 0 fully saturated rings. The molecule has 0 heterocycles. The molecule has 0 radical (unpaired) electrons. The third kappa shape index (κ3) is 9.61. The molecule has 0 saturated carbocycles. The van der Waals surface area contributed by atoms with Gasteiger partial charge in [-0.1, -0.05) is 13.3 Å². The molecule has 0 rings (SSSR count). The van der Waals surface area contributed by atoms with E-state index in [1.54, 1.807) is 11.9 Å². The lowest BCUT2D eigenvalue weighted by Crippen LogP contribution is -2.41. The van der Waals surface area contributed by atoms with Crippen molar-refractivity contribution in [2.45, 2.75) is 32.6 Å². The van der Waals surface area contributed by atoms with Gasteiger partial charge in [-0.2, -0.15) is 0 Å². The second-order valence-corrected chi connectivity index (χ2v) is 5.45. The molecule has 1 atom stereocenters. The highest BCUT2D eigenvalue weighted by atomic mass is 16.4. The fourth-order valence-corrected chi connectivity index (χ4v) is 1.85. The van der Waals surface area contributed by atoms with Crippen LogP contribution in [0, 0.1) is 5.92 Å². The number of aliphatic carboxylic acids is 1. The molecule has 0 aromatic heterocycles. The van der Waals surface area contributed by atoms with Gasteiger partial charge in [0.15, 0.2) is 0 Å². The summed E-state index contributed by atoms with van der Waals surface area (Å²) in [6.45, 7) is 4.18. The van der Waals surface area contributed by atoms with E-state index in [4.69, 9.17) is 5.11 Å². The van der Waals surface area contributed by atoms with Gasteiger partial charge < -0.3 is 20.2 Å². The monoisotopic (exact) mass is 287 g/mol. The summed E-state index contributed by atoms with van der Waals surface area (Å²) in [6, 6.07) is -0.0695. The third-order valence-corrected chi connectivity index (χ3v) is 3.40. The van der Waals surface area contributed by atoms with E-state index in [-0.39, 0.29) is 12.5 Å². The number of amides is 2. The molecular formula is C14H29N3O3. The van der Waals surface area contributed by atoms with Crippen LogP contribution in [-0.2, 0) is 4.79 Å². The molecule has 0 aromatic rings. The molecule has 20 heavy (non-hydrogen) atoms. The smallest absolute Gasteiger partial charge is 0.317 e. The molecule has 0 bridgehead atoms. The number of hydrogen-bond acceptors (Lipinski definition) is 3. The van der Waals surface area contributed by atoms with Gasteiger partial charge in [-0.25, -0.2) is 4.79 Å². The molecule has 6 heteroatoms. The van der Waals surface area contributed by atoms with Crippen LogP contribution in [0.1, 0.15) is 32.6 Å². The van der Waals surface area contributed by atoms with Crippen molar-refractivity contribution in [1.29, 1.82) is 0 Å². The topological polar surface area (TPSA) is 72.9 Å². The maximum atomic E-state index is 11.8. The van der Waals surface area contributed by atoms with Crippen molar-refractivity contribution in [2.75, 3.05) is 40.8 Å². The van der Waals surface area contributed by atoms with E-state index in [2.05, 4.69) is 12.2 Å². The Morgan fingerprint density at radius 2 is 1.80 bits per heavy atom. The van der Waals surface area contributed by atoms with E-state index in [1.807, 2.05) is 19.0 Å². The van der Waals surface area contributed by atoms with Gasteiger partial charge in [-0.3, -0.25) is 4.79 Å². The molecule has 0 aromatic carbocycles. The second kappa shape index (κ2) is 10.5. The minimum Gasteiger partial charge on any atom is -0.481 e. The fourth-order valence-electron chi connectivity index (χ4n) is 1.85. The number of nitrogens with one attached hydrogen (secondary N) is 1. The first-order valence-electron chi connectivity index (χ1n) is 7.22. The Bertz CT molecular complexity index is 295. The Balaban J connectivity index is 3.84. The van der Waals surface area contributed by atoms with E-state index >= 15 is 0 Å². The zero-order valence-electron chi connectivity index (χ0n) is 13.2. The lowest BCUT2D eigenvalue weighted by Gasteiger charge is -2.21. The summed E-state index contributed by atoms with van der Waals surface area (Å²) in [5.41, 5.74) is 0. The number of nitrogens with zero attached hydrogens (tertiary/aromatic N) is 2. The summed E-state index contributed by atoms with van der Waals surface area (Å²) in [7, 11) is 5.72. The number of carbonyl (C=O) groups excluding carboxylic acids is 1. The van der Waals surface area contributed by atoms with Gasteiger partial charge in [0.1, 0.15) is 0 Å². The highest BCUT2D eigenvalue weighted by Crippen LogP contribution is 2.14. The number of hydrogen-bond donors (Lipinski definition) is 2. The minimum atomic E-state index is -0.754. The Morgan fingerprint density at radius 3 is 2.30 bits per heavy atom. The molecule has 2 N–H and O–H groups in total. The average Bonchev–Trinajstić information content (AvgIpc) is 2.39. The minimum absolute atomic E-state index is 0.0695. The predicted molar refractivity (Wildman–Crippen MR) is 79.9 cm³/mol. The van der Waals surface area contributed by atoms with Gasteiger partial charge in [0, 0.05) is 33.1 Å². The normalized spacial score (nSPS) is 12.2. The van der Waals surface area contributed by atoms with Crippen LogP contribution in [0.15, 0.2) is 0 Å². The highest BCUT2D eigenvalue weighted by Gasteiger charge is 2.11. The van der Waals surface area contributed by atoms with Gasteiger partial charge in [0.05, 0.1) is 0 Å². The van der Waals surface area contributed by atoms with Crippen LogP contribution in [0.2, 0.25) is 0 Å². The lowest BCUT2D eigenvalue weighted by molar-refractivity contribution is -0.137. The van der Waals surface area contributed by atoms with E-state index < -0.39 is 5.97 Å². The Kier molecular flexibility index (Phi) is 9.80. The Morgan fingerprint density at radius 1 is 1.15 bits per heavy atom. The molecule has 2 amide bonds. The van der Waals surface area contributed by atoms with Crippen molar-refractivity contribution in [3.05, 3.63) is 0 Å². The SMILES string of the molecule is CCC(CCNC(=O)N(C)CCN(C)C)CCC(=O)O. The number of rotatable bonds is 10. The largest absolute Gasteiger partial charge is 0.481 e. The van der Waals surface area contributed by atoms with E-state index in [0.717, 1.165) is 19.4 Å². The summed E-state index contributed by atoms with van der Waals surface area (Å²) in [4.78, 5) is 26.0. The first-order valence-corrected chi connectivity index (χ1v) is 7.22. The fraction of sp³-hybridized carbons (Fsp3) is 0.857. The zero-order valence-corrected chi connectivity index (χ0v) is 13.2. The van der Waals surface area contributed by atoms with Gasteiger partial charge in [0.2, 0.25) is 0 Å². The van der Waals surface area contributed by atoms with Gasteiger partial charge >= 0.3 is 12.0 Å². The predicted octanol–water partition coefficient (Wildman–Crippen LogP) is 1.47. The van der Waals surface area contributed by atoms with Crippen LogP contribution in [0.25, 0.3) is 0 Å². The van der Waals surface area contributed by atoms with Crippen LogP contribution in [0.5, 0.6) is 0 Å². The lowest BCUT2D eigenvalue weighted by atomic mass is 9.97. The molecule has 6 nitrogen and oxygen atoms in total. The van der Waals surface area contributed by atoms with Crippen LogP contribution in [0.4, 0.5) is 4.79 Å². The summed E-state index contributed by atoms with van der Waals surface area (Å²) in [6.07, 6.45) is 2.66. The van der Waals surface area contributed by atoms with Crippen LogP contribution in [-0.4, -0.2) is 67.7 Å². The van der Waals surface area contributed by atoms with Crippen molar-refractivity contribution in [2.24, 2.45) is 5.92 Å². The summed E-state index contributed by atoms with van der Waals surface area (Å²) >= 11 is 0. The van der Waals surface area contributed by atoms with Crippen molar-refractivity contribution in [1.82, 2.24) is 15.1 Å². The highest BCUT2D eigenvalue weighted by molar-refractivity contribution is 5.73. The molecule has 0 saturated heterocycles.